The van der Waals surface area contributed by atoms with Crippen LogP contribution in [0.2, 0.25) is 10.2 Å². The zero-order chi connectivity index (χ0) is 17.2. The summed E-state index contributed by atoms with van der Waals surface area (Å²) >= 11 is 11.6. The Labute approximate surface area is 149 Å². The highest BCUT2D eigenvalue weighted by molar-refractivity contribution is 7.87. The third kappa shape index (κ3) is 3.53. The maximum absolute atomic E-state index is 12.5. The lowest BCUT2D eigenvalue weighted by molar-refractivity contribution is 0.486. The van der Waals surface area contributed by atoms with E-state index in [1.807, 2.05) is 36.4 Å². The van der Waals surface area contributed by atoms with E-state index in [1.54, 1.807) is 18.2 Å². The molecule has 4 nitrogen and oxygen atoms in total. The summed E-state index contributed by atoms with van der Waals surface area (Å²) in [5.41, 5.74) is 1.50. The molecule has 0 radical (unpaired) electrons. The average molecular weight is 380 g/mol. The quantitative estimate of drug-likeness (QED) is 0.481. The van der Waals surface area contributed by atoms with Gasteiger partial charge in [-0.25, -0.2) is 4.98 Å². The first-order chi connectivity index (χ1) is 11.5. The van der Waals surface area contributed by atoms with Gasteiger partial charge in [0.05, 0.1) is 11.2 Å². The molecule has 0 bridgehead atoms. The van der Waals surface area contributed by atoms with Crippen molar-refractivity contribution >= 4 is 33.3 Å². The van der Waals surface area contributed by atoms with Crippen molar-refractivity contribution in [3.63, 3.8) is 0 Å². The fourth-order valence-corrected chi connectivity index (χ4v) is 3.36. The van der Waals surface area contributed by atoms with Gasteiger partial charge in [0.25, 0.3) is 0 Å². The minimum Gasteiger partial charge on any atom is -0.378 e. The topological polar surface area (TPSA) is 56.3 Å². The van der Waals surface area contributed by atoms with Crippen molar-refractivity contribution in [2.45, 2.75) is 4.90 Å². The number of nitrogens with zero attached hydrogens (tertiary/aromatic N) is 1. The number of hydrogen-bond donors (Lipinski definition) is 0. The number of rotatable bonds is 4. The van der Waals surface area contributed by atoms with Crippen molar-refractivity contribution < 1.29 is 12.6 Å². The standard InChI is InChI=1S/C17H11Cl2NO3S/c18-15-10-13(11-20-17(15)19)24(21,22)23-16-9-5-4-8-14(16)12-6-2-1-3-7-12/h1-11H. The molecule has 122 valence electrons. The van der Waals surface area contributed by atoms with E-state index in [2.05, 4.69) is 4.98 Å². The van der Waals surface area contributed by atoms with E-state index in [0.29, 0.717) is 5.56 Å². The van der Waals surface area contributed by atoms with Crippen molar-refractivity contribution in [2.24, 2.45) is 0 Å². The first kappa shape index (κ1) is 16.8. The van der Waals surface area contributed by atoms with E-state index in [4.69, 9.17) is 27.4 Å². The van der Waals surface area contributed by atoms with Crippen LogP contribution in [0.4, 0.5) is 0 Å². The zero-order valence-corrected chi connectivity index (χ0v) is 14.5. The van der Waals surface area contributed by atoms with Gasteiger partial charge in [0, 0.05) is 5.56 Å². The third-order valence-corrected chi connectivity index (χ3v) is 5.12. The zero-order valence-electron chi connectivity index (χ0n) is 12.2. The number of halogens is 2. The predicted octanol–water partition coefficient (Wildman–Crippen LogP) is 4.82. The highest BCUT2D eigenvalue weighted by atomic mass is 35.5. The second-order valence-corrected chi connectivity index (χ2v) is 7.15. The smallest absolute Gasteiger partial charge is 0.340 e. The number of pyridine rings is 1. The normalized spacial score (nSPS) is 11.2. The molecule has 0 unspecified atom stereocenters. The van der Waals surface area contributed by atoms with E-state index < -0.39 is 10.1 Å². The van der Waals surface area contributed by atoms with Crippen LogP contribution in [0.1, 0.15) is 0 Å². The molecule has 3 rings (SSSR count). The summed E-state index contributed by atoms with van der Waals surface area (Å²) in [4.78, 5) is 3.57. The Morgan fingerprint density at radius 1 is 0.917 bits per heavy atom. The summed E-state index contributed by atoms with van der Waals surface area (Å²) < 4.78 is 30.3. The monoisotopic (exact) mass is 379 g/mol. The number of para-hydroxylation sites is 1. The SMILES string of the molecule is O=S(=O)(Oc1ccccc1-c1ccccc1)c1cnc(Cl)c(Cl)c1. The van der Waals surface area contributed by atoms with E-state index in [-0.39, 0.29) is 20.8 Å². The molecule has 0 saturated carbocycles. The Kier molecular flexibility index (Phi) is 4.76. The molecule has 0 fully saturated rings. The van der Waals surface area contributed by atoms with Gasteiger partial charge >= 0.3 is 10.1 Å². The van der Waals surface area contributed by atoms with Crippen molar-refractivity contribution in [2.75, 3.05) is 0 Å². The lowest BCUT2D eigenvalue weighted by atomic mass is 10.1. The third-order valence-electron chi connectivity index (χ3n) is 3.23. The molecule has 24 heavy (non-hydrogen) atoms. The van der Waals surface area contributed by atoms with Gasteiger partial charge in [0.15, 0.2) is 5.75 Å². The van der Waals surface area contributed by atoms with E-state index in [0.717, 1.165) is 11.8 Å². The number of aromatic nitrogens is 1. The Balaban J connectivity index is 2.01. The molecule has 0 saturated heterocycles. The molecule has 0 aliphatic rings. The summed E-state index contributed by atoms with van der Waals surface area (Å²) in [6.07, 6.45) is 1.11. The first-order valence-corrected chi connectivity index (χ1v) is 9.04. The van der Waals surface area contributed by atoms with Gasteiger partial charge in [0.1, 0.15) is 10.0 Å². The predicted molar refractivity (Wildman–Crippen MR) is 93.9 cm³/mol. The van der Waals surface area contributed by atoms with Crippen LogP contribution >= 0.6 is 23.2 Å². The summed E-state index contributed by atoms with van der Waals surface area (Å²) in [6, 6.07) is 17.4. The Hall–Kier alpha value is -2.08. The maximum Gasteiger partial charge on any atom is 0.340 e. The molecule has 2 aromatic carbocycles. The van der Waals surface area contributed by atoms with Crippen LogP contribution in [-0.2, 0) is 10.1 Å². The van der Waals surface area contributed by atoms with Gasteiger partial charge < -0.3 is 4.18 Å². The van der Waals surface area contributed by atoms with Gasteiger partial charge in [-0.1, -0.05) is 71.7 Å². The maximum atomic E-state index is 12.5. The molecule has 0 aliphatic heterocycles. The van der Waals surface area contributed by atoms with Crippen LogP contribution < -0.4 is 4.18 Å². The van der Waals surface area contributed by atoms with Crippen LogP contribution in [0.25, 0.3) is 11.1 Å². The second kappa shape index (κ2) is 6.81. The molecule has 0 spiro atoms. The molecule has 1 aromatic heterocycles. The lowest BCUT2D eigenvalue weighted by Gasteiger charge is -2.11. The van der Waals surface area contributed by atoms with Gasteiger partial charge in [-0.05, 0) is 17.7 Å². The molecule has 0 amide bonds. The fraction of sp³-hybridized carbons (Fsp3) is 0. The van der Waals surface area contributed by atoms with Crippen LogP contribution in [0.15, 0.2) is 71.8 Å². The average Bonchev–Trinajstić information content (AvgIpc) is 2.58. The summed E-state index contributed by atoms with van der Waals surface area (Å²) in [5, 5.41) is 0.0676. The lowest BCUT2D eigenvalue weighted by Crippen LogP contribution is -2.11. The van der Waals surface area contributed by atoms with E-state index in [9.17, 15) is 8.42 Å². The number of benzene rings is 2. The summed E-state index contributed by atoms with van der Waals surface area (Å²) in [7, 11) is -4.09. The van der Waals surface area contributed by atoms with Crippen LogP contribution in [0.3, 0.4) is 0 Å². The van der Waals surface area contributed by atoms with Crippen molar-refractivity contribution in [3.8, 4) is 16.9 Å². The summed E-state index contributed by atoms with van der Waals surface area (Å²) in [6.45, 7) is 0. The van der Waals surface area contributed by atoms with Crippen molar-refractivity contribution in [3.05, 3.63) is 77.0 Å². The highest BCUT2D eigenvalue weighted by Crippen LogP contribution is 2.32. The van der Waals surface area contributed by atoms with Crippen molar-refractivity contribution in [1.29, 1.82) is 0 Å². The number of hydrogen-bond acceptors (Lipinski definition) is 4. The molecule has 3 aromatic rings. The van der Waals surface area contributed by atoms with Gasteiger partial charge in [-0.15, -0.1) is 0 Å². The second-order valence-electron chi connectivity index (χ2n) is 4.84. The Morgan fingerprint density at radius 2 is 1.58 bits per heavy atom. The fourth-order valence-electron chi connectivity index (χ4n) is 2.10. The minimum absolute atomic E-state index is 0.0281. The first-order valence-electron chi connectivity index (χ1n) is 6.87. The van der Waals surface area contributed by atoms with E-state index in [1.165, 1.54) is 6.07 Å². The van der Waals surface area contributed by atoms with Crippen LogP contribution in [0.5, 0.6) is 5.75 Å². The highest BCUT2D eigenvalue weighted by Gasteiger charge is 2.20. The van der Waals surface area contributed by atoms with E-state index >= 15 is 0 Å². The van der Waals surface area contributed by atoms with Crippen LogP contribution in [-0.4, -0.2) is 13.4 Å². The molecule has 0 atom stereocenters. The van der Waals surface area contributed by atoms with Crippen molar-refractivity contribution in [1.82, 2.24) is 4.98 Å². The Bertz CT molecular complexity index is 976. The molecular formula is C17H11Cl2NO3S. The molecule has 0 N–H and O–H groups in total. The van der Waals surface area contributed by atoms with Crippen LogP contribution in [0, 0.1) is 0 Å². The molecule has 1 heterocycles. The summed E-state index contributed by atoms with van der Waals surface area (Å²) in [5.74, 6) is 0.217. The van der Waals surface area contributed by atoms with Gasteiger partial charge in [-0.3, -0.25) is 0 Å². The van der Waals surface area contributed by atoms with Gasteiger partial charge in [0.2, 0.25) is 0 Å². The Morgan fingerprint density at radius 3 is 2.29 bits per heavy atom. The largest absolute Gasteiger partial charge is 0.378 e. The molecular weight excluding hydrogens is 369 g/mol. The molecule has 0 aliphatic carbocycles. The molecule has 7 heteroatoms. The minimum atomic E-state index is -4.09. The van der Waals surface area contributed by atoms with Gasteiger partial charge in [-0.2, -0.15) is 8.42 Å².